The highest BCUT2D eigenvalue weighted by atomic mass is 35.5. The summed E-state index contributed by atoms with van der Waals surface area (Å²) in [5.41, 5.74) is 2.37. The molecule has 132 valence electrons. The summed E-state index contributed by atoms with van der Waals surface area (Å²) in [7, 11) is 0. The SMILES string of the molecule is CCC(C)c1ccccc1NC(=O)CCNC(=O)c1ccccc1Cl. The van der Waals surface area contributed by atoms with Gasteiger partial charge in [0.25, 0.3) is 5.91 Å². The number of halogens is 1. The number of benzene rings is 2. The Morgan fingerprint density at radius 1 is 1.08 bits per heavy atom. The van der Waals surface area contributed by atoms with Crippen molar-refractivity contribution >= 4 is 29.1 Å². The van der Waals surface area contributed by atoms with Gasteiger partial charge in [0, 0.05) is 18.7 Å². The van der Waals surface area contributed by atoms with Crippen LogP contribution in [0, 0.1) is 0 Å². The second kappa shape index (κ2) is 9.23. The zero-order valence-corrected chi connectivity index (χ0v) is 15.3. The van der Waals surface area contributed by atoms with Crippen molar-refractivity contribution in [1.29, 1.82) is 0 Å². The number of anilines is 1. The van der Waals surface area contributed by atoms with Crippen LogP contribution in [0.4, 0.5) is 5.69 Å². The van der Waals surface area contributed by atoms with Gasteiger partial charge in [-0.25, -0.2) is 0 Å². The number of carbonyl (C=O) groups is 2. The first-order valence-corrected chi connectivity index (χ1v) is 8.82. The molecule has 2 rings (SSSR count). The number of rotatable bonds is 7. The van der Waals surface area contributed by atoms with E-state index in [0.29, 0.717) is 16.5 Å². The molecular weight excluding hydrogens is 336 g/mol. The summed E-state index contributed by atoms with van der Waals surface area (Å²) >= 11 is 5.99. The Hall–Kier alpha value is -2.33. The lowest BCUT2D eigenvalue weighted by molar-refractivity contribution is -0.116. The van der Waals surface area contributed by atoms with E-state index >= 15 is 0 Å². The molecule has 1 atom stereocenters. The Labute approximate surface area is 153 Å². The maximum atomic E-state index is 12.2. The summed E-state index contributed by atoms with van der Waals surface area (Å²) in [6, 6.07) is 14.6. The van der Waals surface area contributed by atoms with Crippen LogP contribution in [-0.4, -0.2) is 18.4 Å². The van der Waals surface area contributed by atoms with E-state index in [0.717, 1.165) is 17.7 Å². The fraction of sp³-hybridized carbons (Fsp3) is 0.300. The third-order valence-electron chi connectivity index (χ3n) is 4.13. The summed E-state index contributed by atoms with van der Waals surface area (Å²) in [6.45, 7) is 4.50. The highest BCUT2D eigenvalue weighted by Crippen LogP contribution is 2.26. The zero-order valence-electron chi connectivity index (χ0n) is 14.5. The van der Waals surface area contributed by atoms with Gasteiger partial charge in [-0.05, 0) is 36.1 Å². The van der Waals surface area contributed by atoms with Crippen molar-refractivity contribution in [3.05, 3.63) is 64.7 Å². The van der Waals surface area contributed by atoms with Crippen LogP contribution in [0.3, 0.4) is 0 Å². The van der Waals surface area contributed by atoms with E-state index in [1.807, 2.05) is 24.3 Å². The van der Waals surface area contributed by atoms with Gasteiger partial charge in [0.15, 0.2) is 0 Å². The molecule has 0 radical (unpaired) electrons. The normalized spacial score (nSPS) is 11.6. The van der Waals surface area contributed by atoms with Gasteiger partial charge in [-0.15, -0.1) is 0 Å². The van der Waals surface area contributed by atoms with E-state index in [4.69, 9.17) is 11.6 Å². The molecule has 0 fully saturated rings. The molecule has 0 heterocycles. The third-order valence-corrected chi connectivity index (χ3v) is 4.46. The van der Waals surface area contributed by atoms with Crippen LogP contribution >= 0.6 is 11.6 Å². The second-order valence-corrected chi connectivity index (χ2v) is 6.34. The van der Waals surface area contributed by atoms with Gasteiger partial charge in [0.1, 0.15) is 0 Å². The van der Waals surface area contributed by atoms with Gasteiger partial charge >= 0.3 is 0 Å². The molecule has 0 saturated heterocycles. The Morgan fingerprint density at radius 3 is 2.48 bits per heavy atom. The van der Waals surface area contributed by atoms with Crippen molar-refractivity contribution in [3.8, 4) is 0 Å². The number of hydrogen-bond acceptors (Lipinski definition) is 2. The molecule has 25 heavy (non-hydrogen) atoms. The van der Waals surface area contributed by atoms with Gasteiger partial charge in [0.2, 0.25) is 5.91 Å². The molecule has 1 unspecified atom stereocenters. The van der Waals surface area contributed by atoms with E-state index in [-0.39, 0.29) is 24.8 Å². The van der Waals surface area contributed by atoms with E-state index in [2.05, 4.69) is 24.5 Å². The molecular formula is C20H23ClN2O2. The molecule has 0 aliphatic heterocycles. The molecule has 2 aromatic carbocycles. The number of carbonyl (C=O) groups excluding carboxylic acids is 2. The Bertz CT molecular complexity index is 746. The second-order valence-electron chi connectivity index (χ2n) is 5.93. The lowest BCUT2D eigenvalue weighted by atomic mass is 9.97. The first kappa shape index (κ1) is 19.0. The summed E-state index contributed by atoms with van der Waals surface area (Å²) in [4.78, 5) is 24.2. The van der Waals surface area contributed by atoms with Crippen LogP contribution in [-0.2, 0) is 4.79 Å². The molecule has 0 saturated carbocycles. The maximum Gasteiger partial charge on any atom is 0.252 e. The molecule has 2 amide bonds. The largest absolute Gasteiger partial charge is 0.351 e. The minimum Gasteiger partial charge on any atom is -0.351 e. The Kier molecular flexibility index (Phi) is 7.02. The highest BCUT2D eigenvalue weighted by molar-refractivity contribution is 6.33. The molecule has 0 aromatic heterocycles. The van der Waals surface area contributed by atoms with E-state index in [1.165, 1.54) is 0 Å². The minimum atomic E-state index is -0.279. The molecule has 4 nitrogen and oxygen atoms in total. The van der Waals surface area contributed by atoms with Crippen molar-refractivity contribution < 1.29 is 9.59 Å². The Balaban J connectivity index is 1.88. The fourth-order valence-electron chi connectivity index (χ4n) is 2.50. The van der Waals surface area contributed by atoms with Crippen LogP contribution in [0.2, 0.25) is 5.02 Å². The quantitative estimate of drug-likeness (QED) is 0.759. The highest BCUT2D eigenvalue weighted by Gasteiger charge is 2.12. The number of nitrogens with one attached hydrogen (secondary N) is 2. The van der Waals surface area contributed by atoms with E-state index in [9.17, 15) is 9.59 Å². The molecule has 0 spiro atoms. The molecule has 0 aliphatic carbocycles. The van der Waals surface area contributed by atoms with Crippen LogP contribution in [0.25, 0.3) is 0 Å². The van der Waals surface area contributed by atoms with Gasteiger partial charge in [0.05, 0.1) is 10.6 Å². The number of amides is 2. The maximum absolute atomic E-state index is 12.2. The van der Waals surface area contributed by atoms with Crippen LogP contribution in [0.1, 0.15) is 48.5 Å². The van der Waals surface area contributed by atoms with Crippen molar-refractivity contribution in [2.45, 2.75) is 32.6 Å². The van der Waals surface area contributed by atoms with Gasteiger partial charge < -0.3 is 10.6 Å². The van der Waals surface area contributed by atoms with Gasteiger partial charge in [-0.3, -0.25) is 9.59 Å². The molecule has 2 N–H and O–H groups in total. The smallest absolute Gasteiger partial charge is 0.252 e. The monoisotopic (exact) mass is 358 g/mol. The summed E-state index contributed by atoms with van der Waals surface area (Å²) in [6.07, 6.45) is 1.20. The van der Waals surface area contributed by atoms with E-state index in [1.54, 1.807) is 24.3 Å². The topological polar surface area (TPSA) is 58.2 Å². The van der Waals surface area contributed by atoms with Crippen molar-refractivity contribution in [2.75, 3.05) is 11.9 Å². The van der Waals surface area contributed by atoms with Crippen molar-refractivity contribution in [3.63, 3.8) is 0 Å². The predicted molar refractivity (Wildman–Crippen MR) is 102 cm³/mol. The number of para-hydroxylation sites is 1. The van der Waals surface area contributed by atoms with Crippen LogP contribution in [0.5, 0.6) is 0 Å². The predicted octanol–water partition coefficient (Wildman–Crippen LogP) is 4.61. The lowest BCUT2D eigenvalue weighted by Crippen LogP contribution is -2.28. The summed E-state index contributed by atoms with van der Waals surface area (Å²) < 4.78 is 0. The third kappa shape index (κ3) is 5.33. The first-order valence-electron chi connectivity index (χ1n) is 8.44. The molecule has 0 bridgehead atoms. The standard InChI is InChI=1S/C20H23ClN2O2/c1-3-14(2)15-8-5-7-11-18(15)23-19(24)12-13-22-20(25)16-9-4-6-10-17(16)21/h4-11,14H,3,12-13H2,1-2H3,(H,22,25)(H,23,24). The first-order chi connectivity index (χ1) is 12.0. The van der Waals surface area contributed by atoms with E-state index < -0.39 is 0 Å². The van der Waals surface area contributed by atoms with Crippen LogP contribution < -0.4 is 10.6 Å². The fourth-order valence-corrected chi connectivity index (χ4v) is 2.72. The molecule has 2 aromatic rings. The molecule has 5 heteroatoms. The average molecular weight is 359 g/mol. The van der Waals surface area contributed by atoms with Gasteiger partial charge in [-0.1, -0.05) is 55.8 Å². The Morgan fingerprint density at radius 2 is 1.76 bits per heavy atom. The van der Waals surface area contributed by atoms with Crippen molar-refractivity contribution in [2.24, 2.45) is 0 Å². The molecule has 0 aliphatic rings. The van der Waals surface area contributed by atoms with Gasteiger partial charge in [-0.2, -0.15) is 0 Å². The lowest BCUT2D eigenvalue weighted by Gasteiger charge is -2.15. The average Bonchev–Trinajstić information content (AvgIpc) is 2.61. The van der Waals surface area contributed by atoms with Crippen LogP contribution in [0.15, 0.2) is 48.5 Å². The minimum absolute atomic E-state index is 0.129. The summed E-state index contributed by atoms with van der Waals surface area (Å²) in [5.74, 6) is -0.0370. The number of hydrogen-bond donors (Lipinski definition) is 2. The summed E-state index contributed by atoms with van der Waals surface area (Å²) in [5, 5.41) is 6.05. The van der Waals surface area contributed by atoms with Crippen molar-refractivity contribution in [1.82, 2.24) is 5.32 Å². The zero-order chi connectivity index (χ0) is 18.2.